The summed E-state index contributed by atoms with van der Waals surface area (Å²) in [5.74, 6) is -1.24. The van der Waals surface area contributed by atoms with Gasteiger partial charge in [-0.15, -0.1) is 5.10 Å². The van der Waals surface area contributed by atoms with Crippen molar-refractivity contribution in [2.24, 2.45) is 0 Å². The van der Waals surface area contributed by atoms with E-state index in [2.05, 4.69) is 57.5 Å². The molecule has 6 aromatic carbocycles. The van der Waals surface area contributed by atoms with Crippen LogP contribution in [0.2, 0.25) is 0 Å². The minimum Gasteiger partial charge on any atom is -0.330 e. The molecule has 2 aliphatic rings. The van der Waals surface area contributed by atoms with Gasteiger partial charge in [0.25, 0.3) is 22.9 Å². The van der Waals surface area contributed by atoms with Gasteiger partial charge in [0, 0.05) is 79.2 Å². The molecule has 1 N–H and O–H groups in total. The van der Waals surface area contributed by atoms with Crippen LogP contribution in [-0.2, 0) is 57.5 Å². The zero-order chi connectivity index (χ0) is 65.6. The van der Waals surface area contributed by atoms with E-state index in [0.717, 1.165) is 45.6 Å². The van der Waals surface area contributed by atoms with E-state index in [1.54, 1.807) is 74.9 Å². The average molecular weight is 1400 g/mol. The van der Waals surface area contributed by atoms with Crippen LogP contribution in [0.25, 0.3) is 39.6 Å². The smallest absolute Gasteiger partial charge is 0.330 e. The number of amides is 2. The van der Waals surface area contributed by atoms with Crippen LogP contribution >= 0.6 is 31.9 Å². The molecule has 0 bridgehead atoms. The summed E-state index contributed by atoms with van der Waals surface area (Å²) in [5, 5.41) is 30.1. The number of H-pyrrole nitrogens is 1. The summed E-state index contributed by atoms with van der Waals surface area (Å²) >= 11 is 5.95. The largest absolute Gasteiger partial charge is 0.417 e. The second-order valence-electron chi connectivity index (χ2n) is 23.6. The quantitative estimate of drug-likeness (QED) is 0.115. The van der Waals surface area contributed by atoms with Gasteiger partial charge in [0.05, 0.1) is 88.3 Å². The van der Waals surface area contributed by atoms with Gasteiger partial charge in [0.15, 0.2) is 0 Å². The third kappa shape index (κ3) is 11.2. The van der Waals surface area contributed by atoms with Crippen molar-refractivity contribution < 1.29 is 35.9 Å². The van der Waals surface area contributed by atoms with Gasteiger partial charge in [-0.25, -0.2) is 9.03 Å². The Labute approximate surface area is 547 Å². The van der Waals surface area contributed by atoms with E-state index in [4.69, 9.17) is 10.2 Å². The van der Waals surface area contributed by atoms with E-state index in [1.165, 1.54) is 38.9 Å². The fraction of sp³-hybridized carbons (Fsp3) is 0.206. The van der Waals surface area contributed by atoms with Gasteiger partial charge in [-0.05, 0) is 123 Å². The maximum absolute atomic E-state index is 15.1. The SMILES string of the molecule is Cc1cnn(-c2ccc(-n3c(=O)c4c(n5ncc(Cc6ccc(Cc7nn[nH]c7-c7ccc(-n8c(=O)c9c(n%10ncc(Cc%11ccccc%11)c8%10)CN(C(=O)c8ccc(Br)c(C(F)(F)F)c8)[C@@H](C)C9)cc7)cc6)c35)CN(C(=O)c3ccc(Br)c(C(F)(F)F)c3)[C@@H](C)C4)cc2)n1. The summed E-state index contributed by atoms with van der Waals surface area (Å²) in [7, 11) is 0. The number of aromatic amines is 1. The number of carbonyl (C=O) groups is 2. The number of aryl methyl sites for hydroxylation is 1. The van der Waals surface area contributed by atoms with Gasteiger partial charge in [0.1, 0.15) is 11.3 Å². The summed E-state index contributed by atoms with van der Waals surface area (Å²) in [4.78, 5) is 62.8. The third-order valence-electron chi connectivity index (χ3n) is 17.5. The Kier molecular flexibility index (Phi) is 15.6. The van der Waals surface area contributed by atoms with Crippen LogP contribution in [0.4, 0.5) is 26.3 Å². The fourth-order valence-corrected chi connectivity index (χ4v) is 13.7. The minimum atomic E-state index is -4.71. The Bertz CT molecular complexity index is 5110. The van der Waals surface area contributed by atoms with E-state index >= 15 is 9.59 Å². The number of alkyl halides is 6. The molecule has 0 spiro atoms. The van der Waals surface area contributed by atoms with Crippen LogP contribution < -0.4 is 11.1 Å². The van der Waals surface area contributed by atoms with Crippen molar-refractivity contribution in [1.82, 2.24) is 68.6 Å². The molecule has 14 rings (SSSR count). The first-order valence-electron chi connectivity index (χ1n) is 29.8. The highest BCUT2D eigenvalue weighted by Gasteiger charge is 2.39. The molecule has 2 amide bonds. The second-order valence-corrected chi connectivity index (χ2v) is 25.3. The van der Waals surface area contributed by atoms with Crippen molar-refractivity contribution in [2.75, 3.05) is 0 Å². The number of nitrogens with one attached hydrogen (secondary N) is 1. The molecule has 0 unspecified atom stereocenters. The van der Waals surface area contributed by atoms with Gasteiger partial charge in [-0.2, -0.15) is 51.5 Å². The number of rotatable bonds is 12. The molecule has 8 heterocycles. The van der Waals surface area contributed by atoms with Crippen LogP contribution in [0.5, 0.6) is 0 Å². The van der Waals surface area contributed by atoms with E-state index in [9.17, 15) is 35.9 Å². The fourth-order valence-electron chi connectivity index (χ4n) is 12.7. The van der Waals surface area contributed by atoms with Crippen molar-refractivity contribution in [1.29, 1.82) is 0 Å². The number of nitrogens with zero attached hydrogens (tertiary/aromatic N) is 13. The topological polar surface area (TPSA) is 192 Å². The van der Waals surface area contributed by atoms with Gasteiger partial charge in [-0.3, -0.25) is 33.4 Å². The van der Waals surface area contributed by atoms with Crippen LogP contribution in [-0.4, -0.2) is 92.5 Å². The maximum Gasteiger partial charge on any atom is 0.417 e. The molecule has 474 valence electrons. The number of carbonyl (C=O) groups excluding carboxylic acids is 2. The Hall–Kier alpha value is -10.1. The predicted molar refractivity (Wildman–Crippen MR) is 342 cm³/mol. The minimum absolute atomic E-state index is 0.0811. The molecule has 12 aromatic rings. The Morgan fingerprint density at radius 2 is 1.02 bits per heavy atom. The summed E-state index contributed by atoms with van der Waals surface area (Å²) in [6.45, 7) is 5.17. The highest BCUT2D eigenvalue weighted by Crippen LogP contribution is 2.39. The highest BCUT2D eigenvalue weighted by molar-refractivity contribution is 9.10. The molecule has 2 atom stereocenters. The van der Waals surface area contributed by atoms with E-state index in [1.807, 2.05) is 85.8 Å². The standard InChI is InChI=1S/C68H52Br2F6N14O4/c1-37-32-79-90(82-37)50-21-19-49(20-22-50)87-62-47(34-78-89(62)59-36-85(39(3)26-52(59)66(87)94)64(92)45-16-24-56(70)54(31-45)68(74,75)76)28-41-9-11-42(12-10-41)29-57-60(81-83-80-57)43-13-17-48(18-14-43)86-61-46(27-40-7-5-4-6-8-40)33-77-88(61)58-35-84(38(2)25-51(58)65(86)93)63(91)44-15-23-55(69)53(30-44)67(71,72)73/h4-24,30-34,38-39H,25-29,35-36H2,1-3H3,(H,80,81,83)/t38-,39-/m0/s1. The van der Waals surface area contributed by atoms with Crippen molar-refractivity contribution in [3.63, 3.8) is 0 Å². The van der Waals surface area contributed by atoms with Crippen LogP contribution in [0, 0.1) is 6.92 Å². The van der Waals surface area contributed by atoms with Gasteiger partial charge in [-0.1, -0.05) is 104 Å². The molecule has 26 heteroatoms. The van der Waals surface area contributed by atoms with Crippen LogP contribution in [0.3, 0.4) is 0 Å². The van der Waals surface area contributed by atoms with Crippen molar-refractivity contribution in [3.05, 3.63) is 272 Å². The van der Waals surface area contributed by atoms with E-state index in [-0.39, 0.29) is 57.1 Å². The first kappa shape index (κ1) is 61.4. The number of fused-ring (bicyclic) bond motifs is 6. The van der Waals surface area contributed by atoms with E-state index in [0.29, 0.717) is 87.1 Å². The lowest BCUT2D eigenvalue weighted by atomic mass is 9.97. The summed E-state index contributed by atoms with van der Waals surface area (Å²) < 4.78 is 90.3. The summed E-state index contributed by atoms with van der Waals surface area (Å²) in [6.07, 6.45) is -3.07. The van der Waals surface area contributed by atoms with Crippen LogP contribution in [0.15, 0.2) is 177 Å². The Morgan fingerprint density at radius 3 is 1.49 bits per heavy atom. The Morgan fingerprint density at radius 1 is 0.564 bits per heavy atom. The zero-order valence-electron chi connectivity index (χ0n) is 50.1. The lowest BCUT2D eigenvalue weighted by Crippen LogP contribution is -2.46. The number of aromatic nitrogens is 12. The molecule has 0 radical (unpaired) electrons. The normalized spacial score (nSPS) is 15.1. The van der Waals surface area contributed by atoms with E-state index < -0.39 is 47.4 Å². The molecular formula is C68H52Br2F6N14O4. The number of hydrogen-bond acceptors (Lipinski definition) is 10. The molecule has 0 aliphatic carbocycles. The van der Waals surface area contributed by atoms with Crippen molar-refractivity contribution in [2.45, 2.75) is 90.4 Å². The van der Waals surface area contributed by atoms with Crippen LogP contribution in [0.1, 0.15) is 107 Å². The molecule has 18 nitrogen and oxygen atoms in total. The molecule has 0 saturated heterocycles. The summed E-state index contributed by atoms with van der Waals surface area (Å²) in [5.41, 5.74) is 8.41. The molecule has 94 heavy (non-hydrogen) atoms. The second kappa shape index (κ2) is 23.8. The summed E-state index contributed by atoms with van der Waals surface area (Å²) in [6, 6.07) is 37.8. The average Bonchev–Trinajstić information content (AvgIpc) is 1.41. The maximum atomic E-state index is 15.1. The number of hydrogen-bond donors (Lipinski definition) is 1. The molecule has 6 aromatic heterocycles. The third-order valence-corrected chi connectivity index (χ3v) is 18.8. The molecular weight excluding hydrogens is 1350 g/mol. The molecule has 2 aliphatic heterocycles. The monoisotopic (exact) mass is 1400 g/mol. The number of halogens is 8. The molecule has 0 saturated carbocycles. The van der Waals surface area contributed by atoms with Crippen molar-refractivity contribution in [3.8, 4) is 28.3 Å². The first-order valence-corrected chi connectivity index (χ1v) is 31.4. The Balaban J connectivity index is 0.751. The predicted octanol–water partition coefficient (Wildman–Crippen LogP) is 12.5. The highest BCUT2D eigenvalue weighted by atomic mass is 79.9. The first-order chi connectivity index (χ1) is 45.1. The number of benzene rings is 6. The van der Waals surface area contributed by atoms with Gasteiger partial charge >= 0.3 is 12.4 Å². The zero-order valence-corrected chi connectivity index (χ0v) is 53.3. The van der Waals surface area contributed by atoms with Gasteiger partial charge in [0.2, 0.25) is 0 Å². The lowest BCUT2D eigenvalue weighted by Gasteiger charge is -2.35. The van der Waals surface area contributed by atoms with Gasteiger partial charge < -0.3 is 9.80 Å². The lowest BCUT2D eigenvalue weighted by molar-refractivity contribution is -0.139. The molecule has 0 fully saturated rings. The van der Waals surface area contributed by atoms with Crippen molar-refractivity contribution >= 4 is 55.0 Å².